The molecular formula is C19H26N4O. The summed E-state index contributed by atoms with van der Waals surface area (Å²) >= 11 is 0. The fourth-order valence-corrected chi connectivity index (χ4v) is 3.26. The van der Waals surface area contributed by atoms with Crippen molar-refractivity contribution in [3.63, 3.8) is 0 Å². The Labute approximate surface area is 143 Å². The van der Waals surface area contributed by atoms with Crippen molar-refractivity contribution in [2.45, 2.75) is 39.7 Å². The number of hydrogen-bond donors (Lipinski definition) is 1. The summed E-state index contributed by atoms with van der Waals surface area (Å²) in [5, 5.41) is 7.90. The third-order valence-electron chi connectivity index (χ3n) is 4.52. The number of rotatable bonds is 3. The summed E-state index contributed by atoms with van der Waals surface area (Å²) in [7, 11) is 0. The second kappa shape index (κ2) is 6.77. The quantitative estimate of drug-likeness (QED) is 0.943. The number of hydrogen-bond acceptors (Lipinski definition) is 3. The summed E-state index contributed by atoms with van der Waals surface area (Å²) in [6, 6.07) is 8.57. The molecule has 1 aliphatic heterocycles. The van der Waals surface area contributed by atoms with Gasteiger partial charge in [0, 0.05) is 25.7 Å². The van der Waals surface area contributed by atoms with Crippen LogP contribution in [0.1, 0.15) is 48.3 Å². The smallest absolute Gasteiger partial charge is 0.257 e. The fourth-order valence-electron chi connectivity index (χ4n) is 3.26. The van der Waals surface area contributed by atoms with Gasteiger partial charge < -0.3 is 10.2 Å². The molecule has 128 valence electrons. The predicted octanol–water partition coefficient (Wildman–Crippen LogP) is 2.74. The molecule has 2 aromatic rings. The summed E-state index contributed by atoms with van der Waals surface area (Å²) in [4.78, 5) is 14.9. The van der Waals surface area contributed by atoms with Gasteiger partial charge in [0.25, 0.3) is 5.91 Å². The van der Waals surface area contributed by atoms with E-state index >= 15 is 0 Å². The summed E-state index contributed by atoms with van der Waals surface area (Å²) in [6.45, 7) is 10.7. The largest absolute Gasteiger partial charge is 0.336 e. The van der Waals surface area contributed by atoms with Crippen LogP contribution in [0.15, 0.2) is 30.5 Å². The van der Waals surface area contributed by atoms with Crippen molar-refractivity contribution < 1.29 is 4.79 Å². The Hall–Kier alpha value is -2.14. The molecular weight excluding hydrogens is 300 g/mol. The molecule has 1 unspecified atom stereocenters. The molecule has 24 heavy (non-hydrogen) atoms. The van der Waals surface area contributed by atoms with E-state index in [0.29, 0.717) is 6.04 Å². The van der Waals surface area contributed by atoms with Gasteiger partial charge in [-0.25, -0.2) is 4.68 Å². The minimum Gasteiger partial charge on any atom is -0.336 e. The van der Waals surface area contributed by atoms with Gasteiger partial charge in [0.1, 0.15) is 0 Å². The zero-order chi connectivity index (χ0) is 17.3. The second-order valence-corrected chi connectivity index (χ2v) is 6.95. The average molecular weight is 326 g/mol. The van der Waals surface area contributed by atoms with Gasteiger partial charge in [0.2, 0.25) is 0 Å². The highest BCUT2D eigenvalue weighted by Gasteiger charge is 2.27. The van der Waals surface area contributed by atoms with Gasteiger partial charge in [-0.3, -0.25) is 4.79 Å². The van der Waals surface area contributed by atoms with Crippen LogP contribution < -0.4 is 5.32 Å². The number of amides is 1. The van der Waals surface area contributed by atoms with Crippen molar-refractivity contribution >= 4 is 5.91 Å². The van der Waals surface area contributed by atoms with Crippen molar-refractivity contribution in [2.24, 2.45) is 0 Å². The van der Waals surface area contributed by atoms with Crippen LogP contribution >= 0.6 is 0 Å². The molecule has 0 aliphatic carbocycles. The molecule has 1 saturated heterocycles. The van der Waals surface area contributed by atoms with Gasteiger partial charge in [0.05, 0.1) is 23.1 Å². The molecule has 1 N–H and O–H groups in total. The van der Waals surface area contributed by atoms with Crippen LogP contribution in [-0.4, -0.2) is 46.3 Å². The lowest BCUT2D eigenvalue weighted by molar-refractivity contribution is 0.0707. The molecule has 1 aliphatic rings. The molecule has 1 atom stereocenters. The zero-order valence-electron chi connectivity index (χ0n) is 14.9. The molecule has 0 radical (unpaired) electrons. The van der Waals surface area contributed by atoms with E-state index < -0.39 is 0 Å². The van der Waals surface area contributed by atoms with E-state index in [4.69, 9.17) is 0 Å². The van der Waals surface area contributed by atoms with Gasteiger partial charge in [-0.1, -0.05) is 31.5 Å². The highest BCUT2D eigenvalue weighted by molar-refractivity contribution is 5.95. The highest BCUT2D eigenvalue weighted by atomic mass is 16.2. The first-order valence-corrected chi connectivity index (χ1v) is 8.65. The van der Waals surface area contributed by atoms with Crippen molar-refractivity contribution in [3.8, 4) is 5.69 Å². The monoisotopic (exact) mass is 326 g/mol. The average Bonchev–Trinajstić information content (AvgIpc) is 3.00. The Kier molecular flexibility index (Phi) is 4.71. The van der Waals surface area contributed by atoms with E-state index in [-0.39, 0.29) is 11.8 Å². The zero-order valence-corrected chi connectivity index (χ0v) is 14.9. The number of nitrogens with zero attached hydrogens (tertiary/aromatic N) is 3. The molecule has 5 heteroatoms. The molecule has 5 nitrogen and oxygen atoms in total. The van der Waals surface area contributed by atoms with Gasteiger partial charge >= 0.3 is 0 Å². The number of carbonyl (C=O) groups excluding carboxylic acids is 1. The predicted molar refractivity (Wildman–Crippen MR) is 95.8 cm³/mol. The lowest BCUT2D eigenvalue weighted by atomic mass is 10.0. The first kappa shape index (κ1) is 16.7. The maximum Gasteiger partial charge on any atom is 0.257 e. The molecule has 1 aromatic carbocycles. The number of aromatic nitrogens is 2. The Bertz CT molecular complexity index is 717. The van der Waals surface area contributed by atoms with E-state index in [0.717, 1.165) is 36.6 Å². The third-order valence-corrected chi connectivity index (χ3v) is 4.52. The number of aryl methyl sites for hydroxylation is 1. The molecule has 1 fully saturated rings. The summed E-state index contributed by atoms with van der Waals surface area (Å²) < 4.78 is 1.91. The van der Waals surface area contributed by atoms with Crippen molar-refractivity contribution in [1.82, 2.24) is 20.0 Å². The van der Waals surface area contributed by atoms with Crippen LogP contribution in [0, 0.1) is 6.92 Å². The topological polar surface area (TPSA) is 50.2 Å². The number of benzene rings is 1. The fraction of sp³-hybridized carbons (Fsp3) is 0.474. The molecule has 0 saturated carbocycles. The van der Waals surface area contributed by atoms with Crippen LogP contribution in [0.25, 0.3) is 5.69 Å². The molecule has 1 amide bonds. The van der Waals surface area contributed by atoms with Crippen molar-refractivity contribution in [2.75, 3.05) is 19.6 Å². The summed E-state index contributed by atoms with van der Waals surface area (Å²) in [6.07, 6.45) is 1.73. The first-order valence-electron chi connectivity index (χ1n) is 8.65. The van der Waals surface area contributed by atoms with Crippen LogP contribution in [0.4, 0.5) is 0 Å². The second-order valence-electron chi connectivity index (χ2n) is 6.95. The van der Waals surface area contributed by atoms with E-state index in [1.165, 1.54) is 5.56 Å². The van der Waals surface area contributed by atoms with Crippen LogP contribution in [0.2, 0.25) is 0 Å². The lowest BCUT2D eigenvalue weighted by Gasteiger charge is -2.32. The SMILES string of the molecule is Cc1ccc(-n2ncc(C(=O)N3CCNC(C)C3)c2C(C)C)cc1. The number of nitrogens with one attached hydrogen (secondary N) is 1. The van der Waals surface area contributed by atoms with Crippen LogP contribution in [0.5, 0.6) is 0 Å². The molecule has 1 aromatic heterocycles. The van der Waals surface area contributed by atoms with Crippen molar-refractivity contribution in [1.29, 1.82) is 0 Å². The van der Waals surface area contributed by atoms with Gasteiger partial charge in [0.15, 0.2) is 0 Å². The van der Waals surface area contributed by atoms with Crippen molar-refractivity contribution in [3.05, 3.63) is 47.3 Å². The van der Waals surface area contributed by atoms with E-state index in [1.54, 1.807) is 6.20 Å². The molecule has 0 spiro atoms. The number of piperazine rings is 1. The Morgan fingerprint density at radius 2 is 2.00 bits per heavy atom. The maximum atomic E-state index is 13.0. The molecule has 2 heterocycles. The van der Waals surface area contributed by atoms with Gasteiger partial charge in [-0.15, -0.1) is 0 Å². The minimum atomic E-state index is 0.0883. The lowest BCUT2D eigenvalue weighted by Crippen LogP contribution is -2.51. The Balaban J connectivity index is 1.97. The molecule has 0 bridgehead atoms. The maximum absolute atomic E-state index is 13.0. The Morgan fingerprint density at radius 1 is 1.29 bits per heavy atom. The minimum absolute atomic E-state index is 0.0883. The van der Waals surface area contributed by atoms with Gasteiger partial charge in [-0.05, 0) is 31.9 Å². The summed E-state index contributed by atoms with van der Waals surface area (Å²) in [5.74, 6) is 0.304. The molecule has 3 rings (SSSR count). The standard InChI is InChI=1S/C19H26N4O/c1-13(2)18-17(19(24)22-10-9-20-15(4)12-22)11-21-23(18)16-7-5-14(3)6-8-16/h5-8,11,13,15,20H,9-10,12H2,1-4H3. The van der Waals surface area contributed by atoms with Crippen LogP contribution in [-0.2, 0) is 0 Å². The van der Waals surface area contributed by atoms with E-state index in [2.05, 4.69) is 62.4 Å². The normalized spacial score (nSPS) is 18.2. The third kappa shape index (κ3) is 3.22. The Morgan fingerprint density at radius 3 is 2.62 bits per heavy atom. The highest BCUT2D eigenvalue weighted by Crippen LogP contribution is 2.24. The summed E-state index contributed by atoms with van der Waals surface area (Å²) in [5.41, 5.74) is 3.91. The number of carbonyl (C=O) groups is 1. The van der Waals surface area contributed by atoms with Crippen LogP contribution in [0.3, 0.4) is 0 Å². The van der Waals surface area contributed by atoms with E-state index in [1.807, 2.05) is 9.58 Å². The first-order chi connectivity index (χ1) is 11.5. The van der Waals surface area contributed by atoms with E-state index in [9.17, 15) is 4.79 Å². The van der Waals surface area contributed by atoms with Gasteiger partial charge in [-0.2, -0.15) is 5.10 Å².